The maximum atomic E-state index is 12.1. The molecule has 2 aromatic rings. The van der Waals surface area contributed by atoms with Gasteiger partial charge in [-0.15, -0.1) is 24.0 Å². The molecule has 0 aliphatic carbocycles. The molecule has 0 bridgehead atoms. The van der Waals surface area contributed by atoms with E-state index in [9.17, 15) is 4.79 Å². The van der Waals surface area contributed by atoms with Crippen LogP contribution in [-0.4, -0.2) is 37.7 Å². The molecule has 2 aromatic carbocycles. The summed E-state index contributed by atoms with van der Waals surface area (Å²) < 4.78 is 11.8. The van der Waals surface area contributed by atoms with Crippen LogP contribution in [0.15, 0.2) is 41.4 Å². The van der Waals surface area contributed by atoms with Gasteiger partial charge in [0.2, 0.25) is 0 Å². The molecule has 0 saturated heterocycles. The monoisotopic (exact) mass is 566 g/mol. The first-order chi connectivity index (χ1) is 15.5. The Morgan fingerprint density at radius 3 is 2.64 bits per heavy atom. The van der Waals surface area contributed by atoms with Gasteiger partial charge in [0, 0.05) is 42.7 Å². The summed E-state index contributed by atoms with van der Waals surface area (Å²) in [5, 5.41) is 9.50. The standard InChI is InChI=1S/C25H34N4O3.HI/c1-5-26-24(30)19-10-8-9-18(12-19)15-28-25(27-6-2)29-16-21-14-23-20(11-17(4)32-23)13-22(21)31-7-3;/h8-10,12-14,17H,5-7,11,15-16H2,1-4H3,(H,26,30)(H2,27,28,29);1H. The number of halogens is 1. The molecule has 33 heavy (non-hydrogen) atoms. The normalized spacial score (nSPS) is 14.5. The van der Waals surface area contributed by atoms with Crippen molar-refractivity contribution >= 4 is 35.8 Å². The van der Waals surface area contributed by atoms with E-state index in [-0.39, 0.29) is 36.0 Å². The van der Waals surface area contributed by atoms with Gasteiger partial charge >= 0.3 is 0 Å². The lowest BCUT2D eigenvalue weighted by Gasteiger charge is -2.15. The number of amides is 1. The summed E-state index contributed by atoms with van der Waals surface area (Å²) in [7, 11) is 0. The number of ether oxygens (including phenoxy) is 2. The van der Waals surface area contributed by atoms with E-state index in [2.05, 4.69) is 35.0 Å². The van der Waals surface area contributed by atoms with Crippen LogP contribution >= 0.6 is 24.0 Å². The number of hydrogen-bond acceptors (Lipinski definition) is 4. The molecule has 0 fully saturated rings. The Morgan fingerprint density at radius 2 is 1.91 bits per heavy atom. The van der Waals surface area contributed by atoms with Crippen molar-refractivity contribution in [1.82, 2.24) is 16.0 Å². The smallest absolute Gasteiger partial charge is 0.251 e. The Hall–Kier alpha value is -2.49. The van der Waals surface area contributed by atoms with Gasteiger partial charge in [-0.1, -0.05) is 12.1 Å². The fourth-order valence-corrected chi connectivity index (χ4v) is 3.67. The van der Waals surface area contributed by atoms with Crippen molar-refractivity contribution in [2.75, 3.05) is 19.7 Å². The highest BCUT2D eigenvalue weighted by Gasteiger charge is 2.22. The highest BCUT2D eigenvalue weighted by Crippen LogP contribution is 2.35. The van der Waals surface area contributed by atoms with Gasteiger partial charge in [0.1, 0.15) is 17.6 Å². The fourth-order valence-electron chi connectivity index (χ4n) is 3.67. The van der Waals surface area contributed by atoms with Crippen LogP contribution in [0.1, 0.15) is 54.7 Å². The van der Waals surface area contributed by atoms with Gasteiger partial charge in [-0.3, -0.25) is 4.79 Å². The number of carbonyl (C=O) groups is 1. The number of hydrogen-bond donors (Lipinski definition) is 3. The van der Waals surface area contributed by atoms with E-state index < -0.39 is 0 Å². The predicted molar refractivity (Wildman–Crippen MR) is 143 cm³/mol. The molecule has 1 heterocycles. The number of fused-ring (bicyclic) bond motifs is 1. The van der Waals surface area contributed by atoms with Crippen LogP contribution in [-0.2, 0) is 19.5 Å². The Kier molecular flexibility index (Phi) is 10.8. The molecule has 3 N–H and O–H groups in total. The average Bonchev–Trinajstić information content (AvgIpc) is 3.15. The van der Waals surface area contributed by atoms with Gasteiger partial charge in [0.25, 0.3) is 5.91 Å². The fraction of sp³-hybridized carbons (Fsp3) is 0.440. The topological polar surface area (TPSA) is 84.0 Å². The zero-order valence-electron chi connectivity index (χ0n) is 19.9. The van der Waals surface area contributed by atoms with Gasteiger partial charge in [0.05, 0.1) is 13.2 Å². The molecule has 1 aliphatic rings. The van der Waals surface area contributed by atoms with Crippen molar-refractivity contribution < 1.29 is 14.3 Å². The Labute approximate surface area is 213 Å². The van der Waals surface area contributed by atoms with E-state index >= 15 is 0 Å². The molecular weight excluding hydrogens is 531 g/mol. The van der Waals surface area contributed by atoms with Crippen LogP contribution in [0, 0.1) is 0 Å². The lowest BCUT2D eigenvalue weighted by atomic mass is 10.1. The van der Waals surface area contributed by atoms with Crippen LogP contribution in [0.2, 0.25) is 0 Å². The number of nitrogens with one attached hydrogen (secondary N) is 3. The third kappa shape index (κ3) is 7.52. The van der Waals surface area contributed by atoms with Crippen LogP contribution in [0.5, 0.6) is 11.5 Å². The molecule has 3 rings (SSSR count). The minimum Gasteiger partial charge on any atom is -0.494 e. The lowest BCUT2D eigenvalue weighted by molar-refractivity contribution is 0.0955. The molecule has 8 heteroatoms. The van der Waals surface area contributed by atoms with Crippen molar-refractivity contribution in [1.29, 1.82) is 0 Å². The van der Waals surface area contributed by atoms with Crippen LogP contribution in [0.3, 0.4) is 0 Å². The van der Waals surface area contributed by atoms with Gasteiger partial charge in [-0.2, -0.15) is 0 Å². The van der Waals surface area contributed by atoms with Gasteiger partial charge in [-0.25, -0.2) is 4.99 Å². The average molecular weight is 566 g/mol. The minimum atomic E-state index is -0.0695. The molecule has 1 aliphatic heterocycles. The quantitative estimate of drug-likeness (QED) is 0.243. The lowest BCUT2D eigenvalue weighted by Crippen LogP contribution is -2.36. The Balaban J connectivity index is 0.00000385. The second kappa shape index (κ2) is 13.3. The SMILES string of the molecule is CCNC(=O)c1cccc(CN=C(NCC)NCc2cc3c(cc2OCC)CC(C)O3)c1.I. The summed E-state index contributed by atoms with van der Waals surface area (Å²) in [6, 6.07) is 11.7. The van der Waals surface area contributed by atoms with E-state index in [1.54, 1.807) is 0 Å². The highest BCUT2D eigenvalue weighted by atomic mass is 127. The highest BCUT2D eigenvalue weighted by molar-refractivity contribution is 14.0. The molecule has 1 unspecified atom stereocenters. The molecule has 1 atom stereocenters. The Bertz CT molecular complexity index is 965. The maximum Gasteiger partial charge on any atom is 0.251 e. The van der Waals surface area contributed by atoms with E-state index in [0.29, 0.717) is 37.8 Å². The first-order valence-electron chi connectivity index (χ1n) is 11.4. The third-order valence-corrected chi connectivity index (χ3v) is 5.12. The molecule has 180 valence electrons. The third-order valence-electron chi connectivity index (χ3n) is 5.12. The van der Waals surface area contributed by atoms with E-state index in [1.165, 1.54) is 5.56 Å². The van der Waals surface area contributed by atoms with Gasteiger partial charge < -0.3 is 25.4 Å². The Morgan fingerprint density at radius 1 is 1.12 bits per heavy atom. The van der Waals surface area contributed by atoms with E-state index in [0.717, 1.165) is 35.6 Å². The van der Waals surface area contributed by atoms with Crippen molar-refractivity contribution in [3.63, 3.8) is 0 Å². The predicted octanol–water partition coefficient (Wildman–Crippen LogP) is 4.03. The number of benzene rings is 2. The number of carbonyl (C=O) groups excluding carboxylic acids is 1. The first kappa shape index (κ1) is 26.8. The van der Waals surface area contributed by atoms with Gasteiger partial charge in [-0.05, 0) is 57.5 Å². The van der Waals surface area contributed by atoms with E-state index in [1.807, 2.05) is 45.0 Å². The summed E-state index contributed by atoms with van der Waals surface area (Å²) >= 11 is 0. The minimum absolute atomic E-state index is 0. The van der Waals surface area contributed by atoms with Crippen molar-refractivity contribution in [3.8, 4) is 11.5 Å². The number of rotatable bonds is 9. The van der Waals surface area contributed by atoms with Crippen molar-refractivity contribution in [2.24, 2.45) is 4.99 Å². The zero-order chi connectivity index (χ0) is 22.9. The molecule has 7 nitrogen and oxygen atoms in total. The molecule has 0 spiro atoms. The summed E-state index contributed by atoms with van der Waals surface area (Å²) in [5.41, 5.74) is 3.84. The van der Waals surface area contributed by atoms with Gasteiger partial charge in [0.15, 0.2) is 5.96 Å². The summed E-state index contributed by atoms with van der Waals surface area (Å²) in [6.45, 7) is 11.0. The second-order valence-electron chi connectivity index (χ2n) is 7.74. The molecule has 1 amide bonds. The maximum absolute atomic E-state index is 12.1. The van der Waals surface area contributed by atoms with E-state index in [4.69, 9.17) is 14.5 Å². The number of guanidine groups is 1. The molecule has 0 saturated carbocycles. The molecular formula is C25H35IN4O3. The van der Waals surface area contributed by atoms with Crippen LogP contribution in [0.4, 0.5) is 0 Å². The summed E-state index contributed by atoms with van der Waals surface area (Å²) in [4.78, 5) is 16.8. The number of nitrogens with zero attached hydrogens (tertiary/aromatic N) is 1. The van der Waals surface area contributed by atoms with Crippen LogP contribution < -0.4 is 25.4 Å². The largest absolute Gasteiger partial charge is 0.494 e. The first-order valence-corrected chi connectivity index (χ1v) is 11.4. The van der Waals surface area contributed by atoms with Crippen molar-refractivity contribution in [3.05, 3.63) is 58.7 Å². The van der Waals surface area contributed by atoms with Crippen LogP contribution in [0.25, 0.3) is 0 Å². The summed E-state index contributed by atoms with van der Waals surface area (Å²) in [6.07, 6.45) is 1.10. The summed E-state index contributed by atoms with van der Waals surface area (Å²) in [5.74, 6) is 2.44. The van der Waals surface area contributed by atoms with Crippen molar-refractivity contribution in [2.45, 2.75) is 53.3 Å². The second-order valence-corrected chi connectivity index (χ2v) is 7.74. The zero-order valence-corrected chi connectivity index (χ0v) is 22.2. The molecule has 0 aromatic heterocycles. The molecule has 0 radical (unpaired) electrons. The number of aliphatic imine (C=N–C) groups is 1.